The quantitative estimate of drug-likeness (QED) is 0.799. The second-order valence-electron chi connectivity index (χ2n) is 4.12. The zero-order chi connectivity index (χ0) is 14.0. The van der Waals surface area contributed by atoms with E-state index in [9.17, 15) is 13.9 Å². The summed E-state index contributed by atoms with van der Waals surface area (Å²) in [7, 11) is 0. The van der Waals surface area contributed by atoms with Crippen molar-refractivity contribution in [2.45, 2.75) is 12.5 Å². The molecule has 0 aromatic heterocycles. The SMILES string of the molecule is OC(Cc1cc(F)ccc1Br)c1ccc(Br)cc1F. The number of hydrogen-bond acceptors (Lipinski definition) is 1. The molecule has 2 rings (SSSR count). The first-order valence-corrected chi connectivity index (χ1v) is 7.13. The molecule has 0 saturated heterocycles. The summed E-state index contributed by atoms with van der Waals surface area (Å²) >= 11 is 6.44. The highest BCUT2D eigenvalue weighted by Crippen LogP contribution is 2.27. The lowest BCUT2D eigenvalue weighted by molar-refractivity contribution is 0.173. The minimum absolute atomic E-state index is 0.136. The smallest absolute Gasteiger partial charge is 0.130 e. The van der Waals surface area contributed by atoms with Crippen LogP contribution in [0.25, 0.3) is 0 Å². The predicted molar refractivity (Wildman–Crippen MR) is 76.9 cm³/mol. The maximum absolute atomic E-state index is 13.7. The van der Waals surface area contributed by atoms with Crippen LogP contribution in [0.2, 0.25) is 0 Å². The zero-order valence-corrected chi connectivity index (χ0v) is 12.9. The summed E-state index contributed by atoms with van der Waals surface area (Å²) in [4.78, 5) is 0. The van der Waals surface area contributed by atoms with Crippen LogP contribution in [0, 0.1) is 11.6 Å². The van der Waals surface area contributed by atoms with Crippen LogP contribution in [-0.4, -0.2) is 5.11 Å². The van der Waals surface area contributed by atoms with E-state index in [1.807, 2.05) is 0 Å². The molecule has 0 heterocycles. The minimum atomic E-state index is -1.02. The average molecular weight is 392 g/mol. The van der Waals surface area contributed by atoms with E-state index < -0.39 is 11.9 Å². The molecule has 0 fully saturated rings. The van der Waals surface area contributed by atoms with Crippen molar-refractivity contribution in [1.29, 1.82) is 0 Å². The molecule has 0 bridgehead atoms. The van der Waals surface area contributed by atoms with Crippen LogP contribution in [0.15, 0.2) is 45.3 Å². The van der Waals surface area contributed by atoms with Crippen molar-refractivity contribution in [1.82, 2.24) is 0 Å². The highest BCUT2D eigenvalue weighted by Gasteiger charge is 2.15. The maximum Gasteiger partial charge on any atom is 0.130 e. The first-order valence-electron chi connectivity index (χ1n) is 5.54. The molecule has 0 aliphatic carbocycles. The summed E-state index contributed by atoms with van der Waals surface area (Å²) < 4.78 is 28.1. The van der Waals surface area contributed by atoms with Crippen molar-refractivity contribution < 1.29 is 13.9 Å². The molecule has 0 saturated carbocycles. The molecule has 0 aliphatic heterocycles. The lowest BCUT2D eigenvalue weighted by atomic mass is 10.0. The zero-order valence-electron chi connectivity index (χ0n) is 9.71. The number of halogens is 4. The molecule has 2 aromatic carbocycles. The fraction of sp³-hybridized carbons (Fsp3) is 0.143. The average Bonchev–Trinajstić information content (AvgIpc) is 2.33. The summed E-state index contributed by atoms with van der Waals surface area (Å²) in [6, 6.07) is 8.66. The monoisotopic (exact) mass is 390 g/mol. The van der Waals surface area contributed by atoms with Gasteiger partial charge < -0.3 is 5.11 Å². The van der Waals surface area contributed by atoms with Gasteiger partial charge in [-0.1, -0.05) is 37.9 Å². The van der Waals surface area contributed by atoms with E-state index in [0.717, 1.165) is 0 Å². The minimum Gasteiger partial charge on any atom is -0.388 e. The highest BCUT2D eigenvalue weighted by molar-refractivity contribution is 9.10. The summed E-state index contributed by atoms with van der Waals surface area (Å²) in [5.74, 6) is -0.879. The molecule has 100 valence electrons. The standard InChI is InChI=1S/C14H10Br2F2O/c15-9-1-3-11(13(18)7-9)14(19)6-8-5-10(17)2-4-12(8)16/h1-5,7,14,19H,6H2. The van der Waals surface area contributed by atoms with Gasteiger partial charge in [0.05, 0.1) is 6.10 Å². The first kappa shape index (κ1) is 14.6. The van der Waals surface area contributed by atoms with Gasteiger partial charge in [-0.2, -0.15) is 0 Å². The molecule has 5 heteroatoms. The third-order valence-corrected chi connectivity index (χ3v) is 4.01. The molecule has 0 spiro atoms. The van der Waals surface area contributed by atoms with Crippen LogP contribution in [0.1, 0.15) is 17.2 Å². The van der Waals surface area contributed by atoms with Crippen molar-refractivity contribution in [2.24, 2.45) is 0 Å². The molecular formula is C14H10Br2F2O. The van der Waals surface area contributed by atoms with Gasteiger partial charge in [0.15, 0.2) is 0 Å². The second-order valence-corrected chi connectivity index (χ2v) is 5.89. The topological polar surface area (TPSA) is 20.2 Å². The van der Waals surface area contributed by atoms with Gasteiger partial charge in [0.25, 0.3) is 0 Å². The number of aliphatic hydroxyl groups is 1. The maximum atomic E-state index is 13.7. The van der Waals surface area contributed by atoms with Crippen LogP contribution in [-0.2, 0) is 6.42 Å². The van der Waals surface area contributed by atoms with Crippen molar-refractivity contribution in [2.75, 3.05) is 0 Å². The number of benzene rings is 2. The van der Waals surface area contributed by atoms with Gasteiger partial charge in [-0.25, -0.2) is 8.78 Å². The summed E-state index contributed by atoms with van der Waals surface area (Å²) in [5.41, 5.74) is 0.786. The van der Waals surface area contributed by atoms with Gasteiger partial charge in [0.2, 0.25) is 0 Å². The Hall–Kier alpha value is -0.780. The predicted octanol–water partition coefficient (Wildman–Crippen LogP) is 4.77. The Labute approximate surface area is 126 Å². The summed E-state index contributed by atoms with van der Waals surface area (Å²) in [5, 5.41) is 10.1. The van der Waals surface area contributed by atoms with E-state index in [1.165, 1.54) is 24.3 Å². The number of aliphatic hydroxyl groups excluding tert-OH is 1. The third kappa shape index (κ3) is 3.61. The fourth-order valence-electron chi connectivity index (χ4n) is 1.79. The van der Waals surface area contributed by atoms with E-state index in [1.54, 1.807) is 12.1 Å². The molecule has 1 N–H and O–H groups in total. The summed E-state index contributed by atoms with van der Waals surface area (Å²) in [6.07, 6.45) is -0.886. The van der Waals surface area contributed by atoms with Crippen molar-refractivity contribution in [3.63, 3.8) is 0 Å². The van der Waals surface area contributed by atoms with Crippen LogP contribution in [0.4, 0.5) is 8.78 Å². The van der Waals surface area contributed by atoms with Crippen molar-refractivity contribution >= 4 is 31.9 Å². The van der Waals surface area contributed by atoms with Gasteiger partial charge in [0, 0.05) is 20.9 Å². The van der Waals surface area contributed by atoms with Gasteiger partial charge in [0.1, 0.15) is 11.6 Å². The number of hydrogen-bond donors (Lipinski definition) is 1. The third-order valence-electron chi connectivity index (χ3n) is 2.74. The van der Waals surface area contributed by atoms with E-state index in [2.05, 4.69) is 31.9 Å². The fourth-order valence-corrected chi connectivity index (χ4v) is 2.53. The second kappa shape index (κ2) is 6.11. The molecule has 1 atom stereocenters. The lowest BCUT2D eigenvalue weighted by Crippen LogP contribution is -2.05. The lowest BCUT2D eigenvalue weighted by Gasteiger charge is -2.13. The molecule has 19 heavy (non-hydrogen) atoms. The van der Waals surface area contributed by atoms with Crippen LogP contribution >= 0.6 is 31.9 Å². The Balaban J connectivity index is 2.25. The van der Waals surface area contributed by atoms with Gasteiger partial charge >= 0.3 is 0 Å². The first-order chi connectivity index (χ1) is 8.97. The van der Waals surface area contributed by atoms with E-state index in [-0.39, 0.29) is 17.8 Å². The largest absolute Gasteiger partial charge is 0.388 e. The van der Waals surface area contributed by atoms with Crippen LogP contribution in [0.5, 0.6) is 0 Å². The molecule has 2 aromatic rings. The van der Waals surface area contributed by atoms with E-state index in [0.29, 0.717) is 14.5 Å². The highest BCUT2D eigenvalue weighted by atomic mass is 79.9. The van der Waals surface area contributed by atoms with E-state index in [4.69, 9.17) is 0 Å². The Kier molecular flexibility index (Phi) is 4.71. The van der Waals surface area contributed by atoms with Gasteiger partial charge in [-0.3, -0.25) is 0 Å². The van der Waals surface area contributed by atoms with Crippen molar-refractivity contribution in [3.8, 4) is 0 Å². The van der Waals surface area contributed by atoms with Crippen LogP contribution < -0.4 is 0 Å². The molecule has 1 nitrogen and oxygen atoms in total. The van der Waals surface area contributed by atoms with Gasteiger partial charge in [-0.15, -0.1) is 0 Å². The molecule has 0 aliphatic rings. The molecular weight excluding hydrogens is 382 g/mol. The van der Waals surface area contributed by atoms with E-state index >= 15 is 0 Å². The molecule has 0 radical (unpaired) electrons. The molecule has 1 unspecified atom stereocenters. The Bertz CT molecular complexity index is 602. The van der Waals surface area contributed by atoms with Crippen LogP contribution in [0.3, 0.4) is 0 Å². The normalized spacial score (nSPS) is 12.5. The number of rotatable bonds is 3. The van der Waals surface area contributed by atoms with Gasteiger partial charge in [-0.05, 0) is 35.9 Å². The Morgan fingerprint density at radius 3 is 2.47 bits per heavy atom. The Morgan fingerprint density at radius 2 is 1.79 bits per heavy atom. The summed E-state index contributed by atoms with van der Waals surface area (Å²) in [6.45, 7) is 0. The molecule has 0 amide bonds. The Morgan fingerprint density at radius 1 is 1.05 bits per heavy atom. The van der Waals surface area contributed by atoms with Crippen molar-refractivity contribution in [3.05, 3.63) is 68.1 Å².